The summed E-state index contributed by atoms with van der Waals surface area (Å²) >= 11 is 0. The molecular weight excluding hydrogens is 266 g/mol. The lowest BCUT2D eigenvalue weighted by Gasteiger charge is -2.18. The van der Waals surface area contributed by atoms with Crippen LogP contribution in [-0.4, -0.2) is 17.8 Å². The first-order chi connectivity index (χ1) is 10.3. The fourth-order valence-corrected chi connectivity index (χ4v) is 2.39. The number of ether oxygens (including phenoxy) is 2. The second-order valence-corrected chi connectivity index (χ2v) is 5.04. The Bertz CT molecular complexity index is 685. The van der Waals surface area contributed by atoms with E-state index < -0.39 is 0 Å². The van der Waals surface area contributed by atoms with Gasteiger partial charge in [-0.2, -0.15) is 5.26 Å². The van der Waals surface area contributed by atoms with Crippen LogP contribution in [0.4, 0.5) is 0 Å². The summed E-state index contributed by atoms with van der Waals surface area (Å²) in [6, 6.07) is 10.0. The van der Waals surface area contributed by atoms with E-state index in [1.807, 2.05) is 42.1 Å². The van der Waals surface area contributed by atoms with Crippen LogP contribution in [0.3, 0.4) is 0 Å². The van der Waals surface area contributed by atoms with Crippen molar-refractivity contribution in [2.75, 3.05) is 13.2 Å². The molecule has 1 N–H and O–H groups in total. The molecule has 5 heteroatoms. The molecule has 0 saturated heterocycles. The van der Waals surface area contributed by atoms with Gasteiger partial charge in [0.1, 0.15) is 25.0 Å². The molecule has 1 aromatic heterocycles. The second kappa shape index (κ2) is 5.90. The van der Waals surface area contributed by atoms with E-state index >= 15 is 0 Å². The van der Waals surface area contributed by atoms with Gasteiger partial charge in [0.15, 0.2) is 11.5 Å². The van der Waals surface area contributed by atoms with Gasteiger partial charge >= 0.3 is 0 Å². The summed E-state index contributed by atoms with van der Waals surface area (Å²) in [7, 11) is 1.88. The molecule has 0 spiro atoms. The third kappa shape index (κ3) is 3.01. The first-order valence-electron chi connectivity index (χ1n) is 6.91. The first kappa shape index (κ1) is 13.5. The smallest absolute Gasteiger partial charge is 0.161 e. The number of nitrogens with zero attached hydrogens (tertiary/aromatic N) is 2. The van der Waals surface area contributed by atoms with E-state index in [9.17, 15) is 0 Å². The van der Waals surface area contributed by atoms with E-state index in [0.29, 0.717) is 18.9 Å². The molecule has 1 aromatic carbocycles. The van der Waals surface area contributed by atoms with Crippen molar-refractivity contribution in [2.45, 2.75) is 13.1 Å². The van der Waals surface area contributed by atoms with Crippen LogP contribution in [0, 0.1) is 11.3 Å². The number of aryl methyl sites for hydroxylation is 1. The van der Waals surface area contributed by atoms with Gasteiger partial charge in [0.25, 0.3) is 0 Å². The van der Waals surface area contributed by atoms with Crippen LogP contribution in [0.2, 0.25) is 0 Å². The Morgan fingerprint density at radius 1 is 1.14 bits per heavy atom. The zero-order chi connectivity index (χ0) is 14.7. The summed E-state index contributed by atoms with van der Waals surface area (Å²) in [5.41, 5.74) is 2.92. The quantitative estimate of drug-likeness (QED) is 0.932. The summed E-state index contributed by atoms with van der Waals surface area (Å²) in [5.74, 6) is 1.62. The maximum absolute atomic E-state index is 8.93. The van der Waals surface area contributed by atoms with Crippen molar-refractivity contribution in [1.29, 1.82) is 5.26 Å². The largest absolute Gasteiger partial charge is 0.486 e. The van der Waals surface area contributed by atoms with Crippen LogP contribution in [0.5, 0.6) is 11.5 Å². The van der Waals surface area contributed by atoms with Gasteiger partial charge in [0, 0.05) is 26.3 Å². The average molecular weight is 283 g/mol. The Balaban J connectivity index is 1.59. The van der Waals surface area contributed by atoms with Gasteiger partial charge in [0.05, 0.1) is 0 Å². The summed E-state index contributed by atoms with van der Waals surface area (Å²) in [4.78, 5) is 0. The molecule has 21 heavy (non-hydrogen) atoms. The minimum atomic E-state index is 0.602. The second-order valence-electron chi connectivity index (χ2n) is 5.04. The molecule has 0 bridgehead atoms. The van der Waals surface area contributed by atoms with Crippen LogP contribution >= 0.6 is 0 Å². The monoisotopic (exact) mass is 283 g/mol. The van der Waals surface area contributed by atoms with Gasteiger partial charge in [-0.25, -0.2) is 0 Å². The van der Waals surface area contributed by atoms with Crippen LogP contribution in [0.1, 0.15) is 16.8 Å². The fourth-order valence-electron chi connectivity index (χ4n) is 2.39. The van der Waals surface area contributed by atoms with E-state index in [0.717, 1.165) is 35.7 Å². The van der Waals surface area contributed by atoms with Gasteiger partial charge in [-0.3, -0.25) is 0 Å². The molecule has 0 amide bonds. The highest BCUT2D eigenvalue weighted by atomic mass is 16.6. The van der Waals surface area contributed by atoms with Gasteiger partial charge in [0.2, 0.25) is 0 Å². The first-order valence-corrected chi connectivity index (χ1v) is 6.91. The van der Waals surface area contributed by atoms with Crippen molar-refractivity contribution in [3.63, 3.8) is 0 Å². The zero-order valence-electron chi connectivity index (χ0n) is 11.9. The van der Waals surface area contributed by atoms with Gasteiger partial charge in [-0.15, -0.1) is 0 Å². The Labute approximate surface area is 123 Å². The molecule has 0 saturated carbocycles. The molecule has 0 radical (unpaired) electrons. The van der Waals surface area contributed by atoms with Crippen LogP contribution in [0.25, 0.3) is 0 Å². The van der Waals surface area contributed by atoms with Crippen LogP contribution < -0.4 is 14.8 Å². The maximum atomic E-state index is 8.93. The van der Waals surface area contributed by atoms with E-state index in [4.69, 9.17) is 14.7 Å². The molecule has 2 heterocycles. The highest BCUT2D eigenvalue weighted by Crippen LogP contribution is 2.30. The molecule has 3 rings (SSSR count). The van der Waals surface area contributed by atoms with Crippen molar-refractivity contribution in [3.8, 4) is 17.6 Å². The van der Waals surface area contributed by atoms with E-state index in [-0.39, 0.29) is 0 Å². The lowest BCUT2D eigenvalue weighted by Crippen LogP contribution is -2.16. The van der Waals surface area contributed by atoms with E-state index in [1.54, 1.807) is 0 Å². The molecule has 0 unspecified atom stereocenters. The van der Waals surface area contributed by atoms with Gasteiger partial charge in [-0.1, -0.05) is 6.07 Å². The van der Waals surface area contributed by atoms with Crippen molar-refractivity contribution in [1.82, 2.24) is 9.88 Å². The summed E-state index contributed by atoms with van der Waals surface area (Å²) in [5, 5.41) is 12.3. The summed E-state index contributed by atoms with van der Waals surface area (Å²) in [6.07, 6.45) is 1.97. The highest BCUT2D eigenvalue weighted by molar-refractivity contribution is 5.43. The Kier molecular flexibility index (Phi) is 3.80. The molecule has 0 fully saturated rings. The van der Waals surface area contributed by atoms with Crippen LogP contribution in [-0.2, 0) is 20.1 Å². The average Bonchev–Trinajstić information content (AvgIpc) is 2.87. The zero-order valence-corrected chi connectivity index (χ0v) is 11.9. The predicted octanol–water partition coefficient (Wildman–Crippen LogP) is 1.96. The molecule has 1 aliphatic heterocycles. The SMILES string of the molecule is Cn1cc(CNCc2ccc3c(c2)OCCO3)cc1C#N. The minimum Gasteiger partial charge on any atom is -0.486 e. The topological polar surface area (TPSA) is 59.2 Å². The Morgan fingerprint density at radius 2 is 1.90 bits per heavy atom. The maximum Gasteiger partial charge on any atom is 0.161 e. The normalized spacial score (nSPS) is 13.0. The summed E-state index contributed by atoms with van der Waals surface area (Å²) < 4.78 is 12.9. The number of aromatic nitrogens is 1. The third-order valence-electron chi connectivity index (χ3n) is 3.44. The molecule has 1 aliphatic rings. The van der Waals surface area contributed by atoms with Gasteiger partial charge in [-0.05, 0) is 29.3 Å². The van der Waals surface area contributed by atoms with Crippen molar-refractivity contribution >= 4 is 0 Å². The van der Waals surface area contributed by atoms with Crippen LogP contribution in [0.15, 0.2) is 30.5 Å². The van der Waals surface area contributed by atoms with Crippen molar-refractivity contribution in [2.24, 2.45) is 7.05 Å². The van der Waals surface area contributed by atoms with Gasteiger partial charge < -0.3 is 19.4 Å². The molecular formula is C16H17N3O2. The number of nitrogens with one attached hydrogen (secondary N) is 1. The lowest BCUT2D eigenvalue weighted by molar-refractivity contribution is 0.171. The Hall–Kier alpha value is -2.45. The number of fused-ring (bicyclic) bond motifs is 1. The molecule has 5 nitrogen and oxygen atoms in total. The molecule has 0 aliphatic carbocycles. The third-order valence-corrected chi connectivity index (χ3v) is 3.44. The minimum absolute atomic E-state index is 0.602. The van der Waals surface area contributed by atoms with E-state index in [2.05, 4.69) is 11.4 Å². The number of hydrogen-bond acceptors (Lipinski definition) is 4. The summed E-state index contributed by atoms with van der Waals surface area (Å²) in [6.45, 7) is 2.68. The lowest BCUT2D eigenvalue weighted by atomic mass is 10.2. The molecule has 2 aromatic rings. The van der Waals surface area contributed by atoms with Crippen molar-refractivity contribution < 1.29 is 9.47 Å². The number of nitriles is 1. The molecule has 108 valence electrons. The Morgan fingerprint density at radius 3 is 2.67 bits per heavy atom. The molecule has 0 atom stereocenters. The number of rotatable bonds is 4. The fraction of sp³-hybridized carbons (Fsp3) is 0.312. The standard InChI is InChI=1S/C16H17N3O2/c1-19-11-13(6-14(19)8-17)10-18-9-12-2-3-15-16(7-12)21-5-4-20-15/h2-3,6-7,11,18H,4-5,9-10H2,1H3. The van der Waals surface area contributed by atoms with Crippen molar-refractivity contribution in [3.05, 3.63) is 47.3 Å². The van der Waals surface area contributed by atoms with E-state index in [1.165, 1.54) is 0 Å². The number of hydrogen-bond donors (Lipinski definition) is 1. The predicted molar refractivity (Wildman–Crippen MR) is 78.1 cm³/mol. The number of benzene rings is 1. The highest BCUT2D eigenvalue weighted by Gasteiger charge is 2.11.